The number of aromatic nitrogens is 2. The predicted molar refractivity (Wildman–Crippen MR) is 86.1 cm³/mol. The van der Waals surface area contributed by atoms with Gasteiger partial charge in [0.15, 0.2) is 0 Å². The van der Waals surface area contributed by atoms with Crippen molar-refractivity contribution in [3.63, 3.8) is 0 Å². The number of nitrogens with zero attached hydrogens (tertiary/aromatic N) is 1. The van der Waals surface area contributed by atoms with E-state index in [0.717, 1.165) is 12.2 Å². The van der Waals surface area contributed by atoms with Crippen LogP contribution in [0.1, 0.15) is 24.8 Å². The van der Waals surface area contributed by atoms with Gasteiger partial charge in [-0.1, -0.05) is 30.7 Å². The van der Waals surface area contributed by atoms with Crippen LogP contribution in [0.15, 0.2) is 48.8 Å². The van der Waals surface area contributed by atoms with Gasteiger partial charge in [-0.25, -0.2) is 4.98 Å². The lowest BCUT2D eigenvalue weighted by Gasteiger charge is -2.41. The molecular weight excluding hydrogens is 258 g/mol. The zero-order valence-corrected chi connectivity index (χ0v) is 12.0. The Morgan fingerprint density at radius 3 is 2.86 bits per heavy atom. The maximum absolute atomic E-state index is 6.05. The summed E-state index contributed by atoms with van der Waals surface area (Å²) in [6.45, 7) is 0.742. The van der Waals surface area contributed by atoms with Gasteiger partial charge in [0, 0.05) is 29.7 Å². The van der Waals surface area contributed by atoms with E-state index in [9.17, 15) is 0 Å². The Labute approximate surface area is 124 Å². The van der Waals surface area contributed by atoms with Crippen LogP contribution >= 0.6 is 0 Å². The second-order valence-corrected chi connectivity index (χ2v) is 6.02. The fourth-order valence-corrected chi connectivity index (χ4v) is 3.44. The minimum atomic E-state index is 0.209. The molecule has 0 radical (unpaired) electrons. The lowest BCUT2D eigenvalue weighted by molar-refractivity contribution is 0.253. The van der Waals surface area contributed by atoms with Crippen LogP contribution in [0.5, 0.6) is 0 Å². The van der Waals surface area contributed by atoms with Gasteiger partial charge in [-0.15, -0.1) is 0 Å². The molecule has 0 amide bonds. The Kier molecular flexibility index (Phi) is 2.82. The summed E-state index contributed by atoms with van der Waals surface area (Å²) >= 11 is 0. The van der Waals surface area contributed by atoms with Gasteiger partial charge in [0.05, 0.1) is 0 Å². The molecule has 106 valence electrons. The molecule has 2 heterocycles. The Morgan fingerprint density at radius 2 is 2.10 bits per heavy atom. The van der Waals surface area contributed by atoms with Gasteiger partial charge < -0.3 is 10.7 Å². The first-order valence-electron chi connectivity index (χ1n) is 7.55. The predicted octanol–water partition coefficient (Wildman–Crippen LogP) is 3.61. The highest BCUT2D eigenvalue weighted by Gasteiger charge is 2.37. The summed E-state index contributed by atoms with van der Waals surface area (Å²) in [5.41, 5.74) is 11.1. The molecule has 1 aliphatic carbocycles. The molecule has 1 saturated carbocycles. The summed E-state index contributed by atoms with van der Waals surface area (Å²) in [6, 6.07) is 13.0. The van der Waals surface area contributed by atoms with E-state index in [-0.39, 0.29) is 5.41 Å². The molecule has 1 aliphatic rings. The third-order valence-corrected chi connectivity index (χ3v) is 4.95. The number of benzene rings is 1. The number of nitrogens with one attached hydrogen (secondary N) is 1. The van der Waals surface area contributed by atoms with Gasteiger partial charge in [-0.05, 0) is 41.7 Å². The zero-order valence-electron chi connectivity index (χ0n) is 12.0. The second kappa shape index (κ2) is 4.71. The number of pyridine rings is 1. The largest absolute Gasteiger partial charge is 0.346 e. The molecule has 0 unspecified atom stereocenters. The van der Waals surface area contributed by atoms with Crippen molar-refractivity contribution in [2.24, 2.45) is 5.73 Å². The molecule has 0 bridgehead atoms. The van der Waals surface area contributed by atoms with Gasteiger partial charge in [-0.2, -0.15) is 0 Å². The van der Waals surface area contributed by atoms with Crippen molar-refractivity contribution < 1.29 is 0 Å². The first-order chi connectivity index (χ1) is 10.3. The highest BCUT2D eigenvalue weighted by molar-refractivity contribution is 5.92. The monoisotopic (exact) mass is 277 g/mol. The summed E-state index contributed by atoms with van der Waals surface area (Å²) in [5, 5.41) is 1.17. The molecule has 2 aromatic heterocycles. The van der Waals surface area contributed by atoms with Crippen LogP contribution in [0, 0.1) is 0 Å². The third-order valence-electron chi connectivity index (χ3n) is 4.95. The maximum Gasteiger partial charge on any atom is 0.137 e. The minimum absolute atomic E-state index is 0.209. The summed E-state index contributed by atoms with van der Waals surface area (Å²) in [7, 11) is 0. The quantitative estimate of drug-likeness (QED) is 0.768. The number of nitrogens with two attached hydrogens (primary N) is 1. The van der Waals surface area contributed by atoms with Crippen molar-refractivity contribution in [2.75, 3.05) is 6.54 Å². The number of hydrogen-bond acceptors (Lipinski definition) is 2. The van der Waals surface area contributed by atoms with Crippen molar-refractivity contribution in [3.05, 3.63) is 54.4 Å². The Balaban J connectivity index is 1.84. The van der Waals surface area contributed by atoms with Gasteiger partial charge in [0.25, 0.3) is 0 Å². The molecule has 0 atom stereocenters. The van der Waals surface area contributed by atoms with E-state index >= 15 is 0 Å². The van der Waals surface area contributed by atoms with Crippen molar-refractivity contribution in [1.82, 2.24) is 9.97 Å². The van der Waals surface area contributed by atoms with Crippen LogP contribution < -0.4 is 5.73 Å². The molecule has 3 aromatic rings. The topological polar surface area (TPSA) is 54.7 Å². The molecular formula is C18H19N3. The van der Waals surface area contributed by atoms with Gasteiger partial charge in [-0.3, -0.25) is 0 Å². The van der Waals surface area contributed by atoms with E-state index in [0.29, 0.717) is 0 Å². The lowest BCUT2D eigenvalue weighted by Crippen LogP contribution is -2.41. The van der Waals surface area contributed by atoms with Crippen molar-refractivity contribution in [3.8, 4) is 11.1 Å². The SMILES string of the molecule is NCC1(c2cccc(-c3ccnc4[nH]ccc34)c2)CCC1. The first kappa shape index (κ1) is 12.6. The molecule has 0 aliphatic heterocycles. The number of fused-ring (bicyclic) bond motifs is 1. The minimum Gasteiger partial charge on any atom is -0.346 e. The Hall–Kier alpha value is -2.13. The summed E-state index contributed by atoms with van der Waals surface area (Å²) in [5.74, 6) is 0. The van der Waals surface area contributed by atoms with E-state index in [2.05, 4.69) is 46.4 Å². The van der Waals surface area contributed by atoms with E-state index < -0.39 is 0 Å². The first-order valence-corrected chi connectivity index (χ1v) is 7.55. The molecule has 0 saturated heterocycles. The fourth-order valence-electron chi connectivity index (χ4n) is 3.44. The van der Waals surface area contributed by atoms with Crippen LogP contribution in [0.2, 0.25) is 0 Å². The lowest BCUT2D eigenvalue weighted by atomic mass is 9.64. The Morgan fingerprint density at radius 1 is 1.19 bits per heavy atom. The van der Waals surface area contributed by atoms with Crippen molar-refractivity contribution in [1.29, 1.82) is 0 Å². The average Bonchev–Trinajstić information content (AvgIpc) is 2.95. The van der Waals surface area contributed by atoms with Crippen LogP contribution in [0.4, 0.5) is 0 Å². The number of rotatable bonds is 3. The molecule has 1 aromatic carbocycles. The average molecular weight is 277 g/mol. The smallest absolute Gasteiger partial charge is 0.137 e. The highest BCUT2D eigenvalue weighted by atomic mass is 14.8. The Bertz CT molecular complexity index is 778. The van der Waals surface area contributed by atoms with Crippen molar-refractivity contribution >= 4 is 11.0 Å². The van der Waals surface area contributed by atoms with E-state index in [1.54, 1.807) is 0 Å². The normalized spacial score (nSPS) is 16.8. The standard InChI is InChI=1S/C18H19N3/c19-12-18(7-2-8-18)14-4-1-3-13(11-14)15-5-9-20-17-16(15)6-10-21-17/h1,3-6,9-11H,2,7-8,12,19H2,(H,20,21). The third kappa shape index (κ3) is 1.88. The molecule has 3 N–H and O–H groups in total. The van der Waals surface area contributed by atoms with Gasteiger partial charge in [0.1, 0.15) is 5.65 Å². The fraction of sp³-hybridized carbons (Fsp3) is 0.278. The van der Waals surface area contributed by atoms with Crippen LogP contribution in [-0.2, 0) is 5.41 Å². The summed E-state index contributed by atoms with van der Waals surface area (Å²) in [4.78, 5) is 7.54. The molecule has 3 nitrogen and oxygen atoms in total. The molecule has 1 fully saturated rings. The molecule has 0 spiro atoms. The molecule has 21 heavy (non-hydrogen) atoms. The molecule has 4 rings (SSSR count). The van der Waals surface area contributed by atoms with Crippen LogP contribution in [0.25, 0.3) is 22.2 Å². The van der Waals surface area contributed by atoms with E-state index in [1.807, 2.05) is 12.4 Å². The van der Waals surface area contributed by atoms with E-state index in [1.165, 1.54) is 41.3 Å². The van der Waals surface area contributed by atoms with Gasteiger partial charge in [0.2, 0.25) is 0 Å². The number of aromatic amines is 1. The van der Waals surface area contributed by atoms with Crippen LogP contribution in [0.3, 0.4) is 0 Å². The second-order valence-electron chi connectivity index (χ2n) is 6.02. The number of H-pyrrole nitrogens is 1. The van der Waals surface area contributed by atoms with Crippen molar-refractivity contribution in [2.45, 2.75) is 24.7 Å². The number of hydrogen-bond donors (Lipinski definition) is 2. The zero-order chi connectivity index (χ0) is 14.3. The highest BCUT2D eigenvalue weighted by Crippen LogP contribution is 2.43. The van der Waals surface area contributed by atoms with E-state index in [4.69, 9.17) is 5.73 Å². The van der Waals surface area contributed by atoms with Crippen LogP contribution in [-0.4, -0.2) is 16.5 Å². The maximum atomic E-state index is 6.05. The van der Waals surface area contributed by atoms with Gasteiger partial charge >= 0.3 is 0 Å². The summed E-state index contributed by atoms with van der Waals surface area (Å²) in [6.07, 6.45) is 7.52. The molecule has 3 heteroatoms. The summed E-state index contributed by atoms with van der Waals surface area (Å²) < 4.78 is 0.